The molecule has 2 aromatic carbocycles. The van der Waals surface area contributed by atoms with Crippen molar-refractivity contribution in [1.29, 1.82) is 0 Å². The first-order valence-electron chi connectivity index (χ1n) is 8.95. The van der Waals surface area contributed by atoms with E-state index < -0.39 is 11.0 Å². The molecule has 6 heteroatoms. The zero-order valence-corrected chi connectivity index (χ0v) is 16.4. The molecule has 0 heterocycles. The van der Waals surface area contributed by atoms with Crippen molar-refractivity contribution in [3.63, 3.8) is 0 Å². The Kier molecular flexibility index (Phi) is 6.20. The molecule has 0 bridgehead atoms. The van der Waals surface area contributed by atoms with Crippen molar-refractivity contribution in [3.8, 4) is 5.75 Å². The highest BCUT2D eigenvalue weighted by atomic mass is 16.6. The standard InChI is InChI=1S/C21H26N2O4/c1-6-19(27-17-11-8-15(9-12-17)21(3,4)5)20(24)22-18-13-16(23(25)26)10-7-14(18)2/h7-13,19H,6H2,1-5H3,(H,22,24)/t19-/m1/s1. The van der Waals surface area contributed by atoms with Crippen LogP contribution in [-0.2, 0) is 10.2 Å². The zero-order chi connectivity index (χ0) is 20.2. The van der Waals surface area contributed by atoms with Gasteiger partial charge in [0.1, 0.15) is 5.75 Å². The van der Waals surface area contributed by atoms with Gasteiger partial charge in [-0.05, 0) is 42.0 Å². The van der Waals surface area contributed by atoms with Gasteiger partial charge in [0.15, 0.2) is 6.10 Å². The summed E-state index contributed by atoms with van der Waals surface area (Å²) in [6.45, 7) is 10.0. The number of non-ortho nitro benzene ring substituents is 1. The van der Waals surface area contributed by atoms with E-state index in [-0.39, 0.29) is 17.0 Å². The third kappa shape index (κ3) is 5.29. The van der Waals surface area contributed by atoms with Crippen LogP contribution >= 0.6 is 0 Å². The van der Waals surface area contributed by atoms with Crippen LogP contribution in [0.25, 0.3) is 0 Å². The number of carbonyl (C=O) groups excluding carboxylic acids is 1. The van der Waals surface area contributed by atoms with Gasteiger partial charge in [-0.15, -0.1) is 0 Å². The molecule has 0 unspecified atom stereocenters. The number of hydrogen-bond acceptors (Lipinski definition) is 4. The van der Waals surface area contributed by atoms with Gasteiger partial charge in [-0.3, -0.25) is 14.9 Å². The first-order chi connectivity index (χ1) is 12.6. The number of nitro benzene ring substituents is 1. The van der Waals surface area contributed by atoms with Crippen LogP contribution in [0.3, 0.4) is 0 Å². The van der Waals surface area contributed by atoms with E-state index in [9.17, 15) is 14.9 Å². The quantitative estimate of drug-likeness (QED) is 0.573. The summed E-state index contributed by atoms with van der Waals surface area (Å²) in [5, 5.41) is 13.7. The lowest BCUT2D eigenvalue weighted by atomic mass is 9.87. The molecule has 2 aromatic rings. The molecule has 6 nitrogen and oxygen atoms in total. The van der Waals surface area contributed by atoms with E-state index in [1.54, 1.807) is 13.0 Å². The molecular weight excluding hydrogens is 344 g/mol. The second-order valence-corrected chi connectivity index (χ2v) is 7.53. The Labute approximate surface area is 159 Å². The Morgan fingerprint density at radius 2 is 1.81 bits per heavy atom. The largest absolute Gasteiger partial charge is 0.481 e. The van der Waals surface area contributed by atoms with Gasteiger partial charge in [-0.25, -0.2) is 0 Å². The van der Waals surface area contributed by atoms with Crippen LogP contribution in [0.2, 0.25) is 0 Å². The van der Waals surface area contributed by atoms with E-state index in [0.717, 1.165) is 5.56 Å². The van der Waals surface area contributed by atoms with E-state index in [2.05, 4.69) is 26.1 Å². The van der Waals surface area contributed by atoms with E-state index in [0.29, 0.717) is 17.9 Å². The molecule has 1 amide bonds. The van der Waals surface area contributed by atoms with E-state index in [1.807, 2.05) is 31.2 Å². The van der Waals surface area contributed by atoms with Crippen molar-refractivity contribution >= 4 is 17.3 Å². The highest BCUT2D eigenvalue weighted by molar-refractivity contribution is 5.95. The zero-order valence-electron chi connectivity index (χ0n) is 16.4. The fourth-order valence-corrected chi connectivity index (χ4v) is 2.59. The van der Waals surface area contributed by atoms with Crippen molar-refractivity contribution in [2.45, 2.75) is 52.6 Å². The predicted octanol–water partition coefficient (Wildman–Crippen LogP) is 5.00. The molecule has 0 aliphatic carbocycles. The average Bonchev–Trinajstić information content (AvgIpc) is 2.60. The fraction of sp³-hybridized carbons (Fsp3) is 0.381. The summed E-state index contributed by atoms with van der Waals surface area (Å²) in [4.78, 5) is 23.1. The van der Waals surface area contributed by atoms with Crippen molar-refractivity contribution in [2.75, 3.05) is 5.32 Å². The van der Waals surface area contributed by atoms with Crippen molar-refractivity contribution < 1.29 is 14.5 Å². The van der Waals surface area contributed by atoms with Gasteiger partial charge in [0.05, 0.1) is 10.6 Å². The van der Waals surface area contributed by atoms with Crippen LogP contribution in [0.5, 0.6) is 5.75 Å². The summed E-state index contributed by atoms with van der Waals surface area (Å²) >= 11 is 0. The first kappa shape index (κ1) is 20.4. The number of rotatable bonds is 6. The van der Waals surface area contributed by atoms with E-state index in [4.69, 9.17) is 4.74 Å². The van der Waals surface area contributed by atoms with Crippen LogP contribution < -0.4 is 10.1 Å². The lowest BCUT2D eigenvalue weighted by Gasteiger charge is -2.21. The number of anilines is 1. The van der Waals surface area contributed by atoms with Crippen LogP contribution in [-0.4, -0.2) is 16.9 Å². The summed E-state index contributed by atoms with van der Waals surface area (Å²) in [5.41, 5.74) is 2.32. The number of nitrogens with one attached hydrogen (secondary N) is 1. The van der Waals surface area contributed by atoms with E-state index in [1.165, 1.54) is 17.7 Å². The molecule has 1 atom stereocenters. The van der Waals surface area contributed by atoms with Gasteiger partial charge in [0, 0.05) is 12.1 Å². The maximum Gasteiger partial charge on any atom is 0.271 e. The van der Waals surface area contributed by atoms with Gasteiger partial charge in [0.2, 0.25) is 0 Å². The van der Waals surface area contributed by atoms with Gasteiger partial charge in [0.25, 0.3) is 11.6 Å². The van der Waals surface area contributed by atoms with Crippen molar-refractivity contribution in [1.82, 2.24) is 0 Å². The van der Waals surface area contributed by atoms with Crippen molar-refractivity contribution in [3.05, 3.63) is 63.7 Å². The molecule has 27 heavy (non-hydrogen) atoms. The molecule has 0 saturated heterocycles. The molecule has 144 valence electrons. The number of nitrogens with zero attached hydrogens (tertiary/aromatic N) is 1. The van der Waals surface area contributed by atoms with Gasteiger partial charge in [-0.1, -0.05) is 45.9 Å². The maximum absolute atomic E-state index is 12.6. The topological polar surface area (TPSA) is 81.5 Å². The number of hydrogen-bond donors (Lipinski definition) is 1. The third-order valence-corrected chi connectivity index (χ3v) is 4.35. The second kappa shape index (κ2) is 8.20. The molecule has 1 N–H and O–H groups in total. The number of carbonyl (C=O) groups is 1. The van der Waals surface area contributed by atoms with Crippen LogP contribution in [0, 0.1) is 17.0 Å². The lowest BCUT2D eigenvalue weighted by Crippen LogP contribution is -2.32. The average molecular weight is 370 g/mol. The monoisotopic (exact) mass is 370 g/mol. The highest BCUT2D eigenvalue weighted by Gasteiger charge is 2.21. The molecular formula is C21H26N2O4. The molecule has 0 fully saturated rings. The Hall–Kier alpha value is -2.89. The number of benzene rings is 2. The maximum atomic E-state index is 12.6. The van der Waals surface area contributed by atoms with Crippen molar-refractivity contribution in [2.24, 2.45) is 0 Å². The normalized spacial score (nSPS) is 12.3. The molecule has 0 aromatic heterocycles. The number of amides is 1. The predicted molar refractivity (Wildman–Crippen MR) is 106 cm³/mol. The lowest BCUT2D eigenvalue weighted by molar-refractivity contribution is -0.384. The second-order valence-electron chi connectivity index (χ2n) is 7.53. The first-order valence-corrected chi connectivity index (χ1v) is 8.95. The molecule has 0 saturated carbocycles. The minimum absolute atomic E-state index is 0.0413. The number of nitro groups is 1. The van der Waals surface area contributed by atoms with Gasteiger partial charge >= 0.3 is 0 Å². The molecule has 0 spiro atoms. The summed E-state index contributed by atoms with van der Waals surface area (Å²) in [6.07, 6.45) is -0.218. The fourth-order valence-electron chi connectivity index (χ4n) is 2.59. The summed E-state index contributed by atoms with van der Waals surface area (Å²) in [5.74, 6) is 0.279. The Bertz CT molecular complexity index is 823. The Balaban J connectivity index is 2.12. The molecule has 2 rings (SSSR count). The number of aryl methyl sites for hydroxylation is 1. The SMILES string of the molecule is CC[C@@H](Oc1ccc(C(C)(C)C)cc1)C(=O)Nc1cc([N+](=O)[O-])ccc1C. The highest BCUT2D eigenvalue weighted by Crippen LogP contribution is 2.26. The summed E-state index contributed by atoms with van der Waals surface area (Å²) < 4.78 is 5.84. The summed E-state index contributed by atoms with van der Waals surface area (Å²) in [6, 6.07) is 12.1. The molecule has 0 aliphatic heterocycles. The minimum Gasteiger partial charge on any atom is -0.481 e. The smallest absolute Gasteiger partial charge is 0.271 e. The number of ether oxygens (including phenoxy) is 1. The Morgan fingerprint density at radius 3 is 2.33 bits per heavy atom. The van der Waals surface area contributed by atoms with Gasteiger partial charge < -0.3 is 10.1 Å². The van der Waals surface area contributed by atoms with Crippen LogP contribution in [0.4, 0.5) is 11.4 Å². The molecule has 0 radical (unpaired) electrons. The van der Waals surface area contributed by atoms with Crippen LogP contribution in [0.1, 0.15) is 45.2 Å². The minimum atomic E-state index is -0.691. The third-order valence-electron chi connectivity index (χ3n) is 4.35. The Morgan fingerprint density at radius 1 is 1.19 bits per heavy atom. The van der Waals surface area contributed by atoms with Crippen LogP contribution in [0.15, 0.2) is 42.5 Å². The van der Waals surface area contributed by atoms with E-state index >= 15 is 0 Å². The summed E-state index contributed by atoms with van der Waals surface area (Å²) in [7, 11) is 0. The van der Waals surface area contributed by atoms with Gasteiger partial charge in [-0.2, -0.15) is 0 Å². The molecule has 0 aliphatic rings.